The van der Waals surface area contributed by atoms with Crippen LogP contribution < -0.4 is 15.4 Å². The molecule has 0 saturated carbocycles. The highest BCUT2D eigenvalue weighted by molar-refractivity contribution is 5.86. The zero-order valence-corrected chi connectivity index (χ0v) is 14.2. The van der Waals surface area contributed by atoms with E-state index in [1.54, 1.807) is 13.3 Å². The predicted octanol–water partition coefficient (Wildman–Crippen LogP) is 0.956. The van der Waals surface area contributed by atoms with E-state index in [-0.39, 0.29) is 24.3 Å². The number of fused-ring (bicyclic) bond motifs is 1. The van der Waals surface area contributed by atoms with Gasteiger partial charge in [0.05, 0.1) is 19.9 Å². The maximum Gasteiger partial charge on any atom is 0.239 e. The van der Waals surface area contributed by atoms with Gasteiger partial charge in [-0.2, -0.15) is 5.10 Å². The van der Waals surface area contributed by atoms with Crippen LogP contribution in [-0.2, 0) is 29.0 Å². The second kappa shape index (κ2) is 7.83. The summed E-state index contributed by atoms with van der Waals surface area (Å²) in [4.78, 5) is 24.2. The van der Waals surface area contributed by atoms with Crippen LogP contribution in [0.3, 0.4) is 0 Å². The molecule has 1 aliphatic rings. The van der Waals surface area contributed by atoms with Gasteiger partial charge in [0.2, 0.25) is 11.8 Å². The van der Waals surface area contributed by atoms with Crippen molar-refractivity contribution in [1.82, 2.24) is 20.8 Å². The van der Waals surface area contributed by atoms with Gasteiger partial charge in [0.1, 0.15) is 5.75 Å². The molecule has 0 spiro atoms. The van der Waals surface area contributed by atoms with Crippen LogP contribution >= 0.6 is 0 Å². The van der Waals surface area contributed by atoms with Crippen LogP contribution in [0.4, 0.5) is 0 Å². The van der Waals surface area contributed by atoms with Crippen molar-refractivity contribution < 1.29 is 14.3 Å². The molecule has 7 nitrogen and oxygen atoms in total. The summed E-state index contributed by atoms with van der Waals surface area (Å²) < 4.78 is 5.09. The second-order valence-electron chi connectivity index (χ2n) is 6.16. The fraction of sp³-hybridized carbons (Fsp3) is 0.389. The maximum atomic E-state index is 12.2. The standard InChI is InChI=1S/C18H22N4O3/c1-25-15-5-2-12(3-6-15)9-19-17(23)11-20-18(24)13-4-7-16-14(8-13)10-21-22-16/h2-3,5-6,10,13H,4,7-9,11H2,1H3,(H,19,23)(H,20,24)(H,21,22)/t13-/m0/s1. The Morgan fingerprint density at radius 1 is 1.28 bits per heavy atom. The van der Waals surface area contributed by atoms with Crippen LogP contribution in [0.2, 0.25) is 0 Å². The highest BCUT2D eigenvalue weighted by Gasteiger charge is 2.25. The van der Waals surface area contributed by atoms with E-state index in [0.29, 0.717) is 13.0 Å². The molecular weight excluding hydrogens is 320 g/mol. The number of methoxy groups -OCH3 is 1. The van der Waals surface area contributed by atoms with Gasteiger partial charge < -0.3 is 15.4 Å². The lowest BCUT2D eigenvalue weighted by Crippen LogP contribution is -2.40. The maximum absolute atomic E-state index is 12.2. The van der Waals surface area contributed by atoms with Crippen LogP contribution in [0, 0.1) is 5.92 Å². The first-order chi connectivity index (χ1) is 12.2. The van der Waals surface area contributed by atoms with Crippen molar-refractivity contribution in [1.29, 1.82) is 0 Å². The van der Waals surface area contributed by atoms with E-state index in [0.717, 1.165) is 35.4 Å². The smallest absolute Gasteiger partial charge is 0.239 e. The van der Waals surface area contributed by atoms with Gasteiger partial charge in [-0.3, -0.25) is 14.7 Å². The first kappa shape index (κ1) is 17.0. The molecular formula is C18H22N4O3. The van der Waals surface area contributed by atoms with Gasteiger partial charge in [-0.25, -0.2) is 0 Å². The lowest BCUT2D eigenvalue weighted by Gasteiger charge is -2.20. The predicted molar refractivity (Wildman–Crippen MR) is 92.0 cm³/mol. The number of benzene rings is 1. The molecule has 0 aliphatic heterocycles. The molecule has 7 heteroatoms. The zero-order valence-electron chi connectivity index (χ0n) is 14.2. The van der Waals surface area contributed by atoms with Gasteiger partial charge >= 0.3 is 0 Å². The number of hydrogen-bond acceptors (Lipinski definition) is 4. The van der Waals surface area contributed by atoms with Crippen molar-refractivity contribution >= 4 is 11.8 Å². The Morgan fingerprint density at radius 3 is 2.84 bits per heavy atom. The van der Waals surface area contributed by atoms with E-state index < -0.39 is 0 Å². The molecule has 1 heterocycles. The van der Waals surface area contributed by atoms with Crippen LogP contribution in [0.25, 0.3) is 0 Å². The summed E-state index contributed by atoms with van der Waals surface area (Å²) in [6.07, 6.45) is 4.03. The number of amides is 2. The van der Waals surface area contributed by atoms with E-state index in [2.05, 4.69) is 20.8 Å². The van der Waals surface area contributed by atoms with E-state index in [1.807, 2.05) is 24.3 Å². The minimum absolute atomic E-state index is 0.0102. The highest BCUT2D eigenvalue weighted by atomic mass is 16.5. The number of hydrogen-bond donors (Lipinski definition) is 3. The van der Waals surface area contributed by atoms with Crippen LogP contribution in [0.15, 0.2) is 30.5 Å². The zero-order chi connectivity index (χ0) is 17.6. The van der Waals surface area contributed by atoms with Gasteiger partial charge in [0.15, 0.2) is 0 Å². The average molecular weight is 342 g/mol. The van der Waals surface area contributed by atoms with Gasteiger partial charge in [0, 0.05) is 18.2 Å². The summed E-state index contributed by atoms with van der Waals surface area (Å²) >= 11 is 0. The van der Waals surface area contributed by atoms with Gasteiger partial charge in [-0.15, -0.1) is 0 Å². The molecule has 2 amide bonds. The number of aromatic amines is 1. The molecule has 132 valence electrons. The largest absolute Gasteiger partial charge is 0.497 e. The third-order valence-corrected chi connectivity index (χ3v) is 4.46. The molecule has 1 atom stereocenters. The third-order valence-electron chi connectivity index (χ3n) is 4.46. The lowest BCUT2D eigenvalue weighted by molar-refractivity contribution is -0.128. The number of nitrogens with one attached hydrogen (secondary N) is 3. The summed E-state index contributed by atoms with van der Waals surface area (Å²) in [7, 11) is 1.61. The molecule has 0 radical (unpaired) electrons. The summed E-state index contributed by atoms with van der Waals surface area (Å²) in [5.74, 6) is 0.394. The molecule has 2 aromatic rings. The average Bonchev–Trinajstić information content (AvgIpc) is 3.12. The minimum Gasteiger partial charge on any atom is -0.497 e. The second-order valence-corrected chi connectivity index (χ2v) is 6.16. The monoisotopic (exact) mass is 342 g/mol. The summed E-state index contributed by atoms with van der Waals surface area (Å²) in [5, 5.41) is 12.5. The molecule has 1 aromatic carbocycles. The fourth-order valence-electron chi connectivity index (χ4n) is 2.96. The van der Waals surface area contributed by atoms with Crippen molar-refractivity contribution in [2.75, 3.05) is 13.7 Å². The SMILES string of the molecule is COc1ccc(CNC(=O)CNC(=O)[C@H]2CCc3[nH]ncc3C2)cc1. The van der Waals surface area contributed by atoms with E-state index in [9.17, 15) is 9.59 Å². The number of carbonyl (C=O) groups is 2. The molecule has 1 aliphatic carbocycles. The number of rotatable bonds is 6. The topological polar surface area (TPSA) is 96.1 Å². The highest BCUT2D eigenvalue weighted by Crippen LogP contribution is 2.23. The number of H-pyrrole nitrogens is 1. The Labute approximate surface area is 146 Å². The van der Waals surface area contributed by atoms with Crippen LogP contribution in [0.1, 0.15) is 23.2 Å². The Balaban J connectivity index is 1.40. The number of ether oxygens (including phenoxy) is 1. The normalized spacial score (nSPS) is 16.0. The van der Waals surface area contributed by atoms with E-state index in [4.69, 9.17) is 4.74 Å². The van der Waals surface area contributed by atoms with E-state index >= 15 is 0 Å². The van der Waals surface area contributed by atoms with Gasteiger partial charge in [-0.1, -0.05) is 12.1 Å². The number of aryl methyl sites for hydroxylation is 1. The Bertz CT molecular complexity index is 739. The third kappa shape index (κ3) is 4.37. The van der Waals surface area contributed by atoms with Crippen molar-refractivity contribution in [3.63, 3.8) is 0 Å². The molecule has 0 unspecified atom stereocenters. The van der Waals surface area contributed by atoms with Gasteiger partial charge in [-0.05, 0) is 42.5 Å². The summed E-state index contributed by atoms with van der Waals surface area (Å²) in [6.45, 7) is 0.407. The molecule has 0 saturated heterocycles. The molecule has 3 rings (SSSR count). The van der Waals surface area contributed by atoms with Crippen molar-refractivity contribution in [3.8, 4) is 5.75 Å². The van der Waals surface area contributed by atoms with Crippen molar-refractivity contribution in [2.24, 2.45) is 5.92 Å². The number of carbonyl (C=O) groups excluding carboxylic acids is 2. The lowest BCUT2D eigenvalue weighted by atomic mass is 9.87. The summed E-state index contributed by atoms with van der Waals surface area (Å²) in [6, 6.07) is 7.47. The van der Waals surface area contributed by atoms with Gasteiger partial charge in [0.25, 0.3) is 0 Å². The molecule has 0 fully saturated rings. The van der Waals surface area contributed by atoms with Crippen molar-refractivity contribution in [2.45, 2.75) is 25.8 Å². The Morgan fingerprint density at radius 2 is 2.08 bits per heavy atom. The summed E-state index contributed by atoms with van der Waals surface area (Å²) in [5.41, 5.74) is 3.18. The van der Waals surface area contributed by atoms with Crippen LogP contribution in [-0.4, -0.2) is 35.7 Å². The molecule has 1 aromatic heterocycles. The number of aromatic nitrogens is 2. The molecule has 25 heavy (non-hydrogen) atoms. The first-order valence-corrected chi connectivity index (χ1v) is 8.34. The van der Waals surface area contributed by atoms with Crippen LogP contribution in [0.5, 0.6) is 5.75 Å². The number of nitrogens with zero attached hydrogens (tertiary/aromatic N) is 1. The minimum atomic E-state index is -0.205. The first-order valence-electron chi connectivity index (χ1n) is 8.34. The van der Waals surface area contributed by atoms with E-state index in [1.165, 1.54) is 0 Å². The Hall–Kier alpha value is -2.83. The quantitative estimate of drug-likeness (QED) is 0.728. The molecule has 3 N–H and O–H groups in total. The van der Waals surface area contributed by atoms with Crippen molar-refractivity contribution in [3.05, 3.63) is 47.3 Å². The Kier molecular flexibility index (Phi) is 5.33. The fourth-order valence-corrected chi connectivity index (χ4v) is 2.96. The molecule has 0 bridgehead atoms.